The van der Waals surface area contributed by atoms with Gasteiger partial charge in [0.25, 0.3) is 0 Å². The Morgan fingerprint density at radius 1 is 1.19 bits per heavy atom. The predicted molar refractivity (Wildman–Crippen MR) is 78.9 cm³/mol. The number of nitrogens with one attached hydrogen (secondary N) is 2. The molecule has 0 saturated heterocycles. The summed E-state index contributed by atoms with van der Waals surface area (Å²) < 4.78 is 0. The summed E-state index contributed by atoms with van der Waals surface area (Å²) in [5.74, 6) is -0.361. The molecule has 0 atom stereocenters. The van der Waals surface area contributed by atoms with Crippen molar-refractivity contribution in [2.45, 2.75) is 18.9 Å². The van der Waals surface area contributed by atoms with Crippen LogP contribution in [0.3, 0.4) is 0 Å². The van der Waals surface area contributed by atoms with Crippen LogP contribution in [0, 0.1) is 6.92 Å². The van der Waals surface area contributed by atoms with E-state index in [1.54, 1.807) is 0 Å². The largest absolute Gasteiger partial charge is 0.394 e. The van der Waals surface area contributed by atoms with Gasteiger partial charge in [0, 0.05) is 16.6 Å². The van der Waals surface area contributed by atoms with Crippen molar-refractivity contribution >= 4 is 16.8 Å². The predicted octanol–water partition coefficient (Wildman–Crippen LogP) is -0.149. The molecule has 0 aliphatic heterocycles. The van der Waals surface area contributed by atoms with E-state index in [1.807, 2.05) is 31.2 Å². The van der Waals surface area contributed by atoms with Gasteiger partial charge in [-0.2, -0.15) is 0 Å². The molecule has 1 heterocycles. The third kappa shape index (κ3) is 3.07. The fraction of sp³-hybridized carbons (Fsp3) is 0.400. The van der Waals surface area contributed by atoms with Crippen molar-refractivity contribution < 1.29 is 20.1 Å². The second kappa shape index (κ2) is 6.26. The first-order valence-corrected chi connectivity index (χ1v) is 6.75. The molecule has 5 N–H and O–H groups in total. The third-order valence-electron chi connectivity index (χ3n) is 3.68. The lowest BCUT2D eigenvalue weighted by atomic mass is 10.0. The number of aryl methyl sites for hydroxylation is 1. The van der Waals surface area contributed by atoms with E-state index in [9.17, 15) is 20.1 Å². The fourth-order valence-electron chi connectivity index (χ4n) is 2.33. The van der Waals surface area contributed by atoms with Crippen LogP contribution in [0.2, 0.25) is 0 Å². The highest BCUT2D eigenvalue weighted by Gasteiger charge is 2.30. The van der Waals surface area contributed by atoms with Crippen LogP contribution in [0.4, 0.5) is 0 Å². The van der Waals surface area contributed by atoms with E-state index in [4.69, 9.17) is 0 Å². The highest BCUT2D eigenvalue weighted by Crippen LogP contribution is 2.22. The Hall–Kier alpha value is -1.89. The molecule has 1 aromatic carbocycles. The summed E-state index contributed by atoms with van der Waals surface area (Å²) in [6.07, 6.45) is 0.109. The van der Waals surface area contributed by atoms with Crippen molar-refractivity contribution in [3.8, 4) is 0 Å². The average molecular weight is 292 g/mol. The zero-order valence-electron chi connectivity index (χ0n) is 11.9. The van der Waals surface area contributed by atoms with Crippen molar-refractivity contribution in [2.75, 3.05) is 19.8 Å². The molecule has 0 aliphatic rings. The average Bonchev–Trinajstić information content (AvgIpc) is 2.81. The van der Waals surface area contributed by atoms with Crippen molar-refractivity contribution in [1.29, 1.82) is 0 Å². The van der Waals surface area contributed by atoms with Crippen LogP contribution in [0.15, 0.2) is 24.3 Å². The van der Waals surface area contributed by atoms with Gasteiger partial charge in [-0.05, 0) is 18.6 Å². The molecule has 0 unspecified atom stereocenters. The highest BCUT2D eigenvalue weighted by atomic mass is 16.3. The van der Waals surface area contributed by atoms with Gasteiger partial charge >= 0.3 is 0 Å². The number of benzene rings is 1. The Morgan fingerprint density at radius 2 is 1.81 bits per heavy atom. The van der Waals surface area contributed by atoms with Crippen LogP contribution >= 0.6 is 0 Å². The SMILES string of the molecule is Cc1[nH]c2ccccc2c1CC(=O)NC(CO)(CO)CO. The maximum atomic E-state index is 12.1. The number of aromatic amines is 1. The number of carbonyl (C=O) groups is 1. The molecule has 6 nitrogen and oxygen atoms in total. The van der Waals surface area contributed by atoms with Crippen LogP contribution < -0.4 is 5.32 Å². The van der Waals surface area contributed by atoms with Crippen LogP contribution in [-0.2, 0) is 11.2 Å². The molecule has 0 radical (unpaired) electrons. The first-order chi connectivity index (χ1) is 10.0. The quantitative estimate of drug-likeness (QED) is 0.510. The van der Waals surface area contributed by atoms with Gasteiger partial charge in [0.1, 0.15) is 5.54 Å². The Balaban J connectivity index is 2.20. The number of hydrogen-bond donors (Lipinski definition) is 5. The molecule has 0 bridgehead atoms. The zero-order chi connectivity index (χ0) is 15.5. The molecule has 6 heteroatoms. The molecule has 2 rings (SSSR count). The molecule has 21 heavy (non-hydrogen) atoms. The van der Waals surface area contributed by atoms with Crippen molar-refractivity contribution in [2.24, 2.45) is 0 Å². The van der Waals surface area contributed by atoms with Crippen LogP contribution in [0.5, 0.6) is 0 Å². The van der Waals surface area contributed by atoms with Gasteiger partial charge in [0.05, 0.1) is 26.2 Å². The molecule has 0 spiro atoms. The monoisotopic (exact) mass is 292 g/mol. The van der Waals surface area contributed by atoms with Gasteiger partial charge in [-0.15, -0.1) is 0 Å². The van der Waals surface area contributed by atoms with Gasteiger partial charge in [-0.1, -0.05) is 18.2 Å². The van der Waals surface area contributed by atoms with Gasteiger partial charge in [-0.3, -0.25) is 4.79 Å². The molecule has 0 fully saturated rings. The van der Waals surface area contributed by atoms with E-state index in [0.717, 1.165) is 22.2 Å². The number of carbonyl (C=O) groups excluding carboxylic acids is 1. The number of amides is 1. The van der Waals surface area contributed by atoms with Crippen molar-refractivity contribution in [3.05, 3.63) is 35.5 Å². The highest BCUT2D eigenvalue weighted by molar-refractivity contribution is 5.90. The normalized spacial score (nSPS) is 11.8. The van der Waals surface area contributed by atoms with Crippen LogP contribution in [-0.4, -0.2) is 51.6 Å². The van der Waals surface area contributed by atoms with E-state index in [0.29, 0.717) is 0 Å². The maximum Gasteiger partial charge on any atom is 0.225 e. The number of fused-ring (bicyclic) bond motifs is 1. The second-order valence-corrected chi connectivity index (χ2v) is 5.25. The number of hydrogen-bond acceptors (Lipinski definition) is 4. The Kier molecular flexibility index (Phi) is 4.62. The van der Waals surface area contributed by atoms with Crippen LogP contribution in [0.1, 0.15) is 11.3 Å². The van der Waals surface area contributed by atoms with Crippen LogP contribution in [0.25, 0.3) is 10.9 Å². The van der Waals surface area contributed by atoms with E-state index in [1.165, 1.54) is 0 Å². The molecule has 0 saturated carbocycles. The smallest absolute Gasteiger partial charge is 0.225 e. The Morgan fingerprint density at radius 3 is 2.43 bits per heavy atom. The zero-order valence-corrected chi connectivity index (χ0v) is 11.9. The molecule has 1 aromatic heterocycles. The lowest BCUT2D eigenvalue weighted by Crippen LogP contribution is -2.57. The summed E-state index contributed by atoms with van der Waals surface area (Å²) in [4.78, 5) is 15.3. The second-order valence-electron chi connectivity index (χ2n) is 5.25. The Labute approximate surface area is 122 Å². The number of rotatable bonds is 6. The summed E-state index contributed by atoms with van der Waals surface area (Å²) in [6, 6.07) is 7.68. The minimum atomic E-state index is -1.39. The van der Waals surface area contributed by atoms with Crippen molar-refractivity contribution in [3.63, 3.8) is 0 Å². The Bertz CT molecular complexity index is 623. The number of aromatic nitrogens is 1. The molecule has 0 aliphatic carbocycles. The summed E-state index contributed by atoms with van der Waals surface area (Å²) in [5.41, 5.74) is 1.33. The fourth-order valence-corrected chi connectivity index (χ4v) is 2.33. The minimum Gasteiger partial charge on any atom is -0.394 e. The molecule has 1 amide bonds. The number of para-hydroxylation sites is 1. The lowest BCUT2D eigenvalue weighted by Gasteiger charge is -2.28. The van der Waals surface area contributed by atoms with E-state index < -0.39 is 25.4 Å². The molecule has 2 aromatic rings. The minimum absolute atomic E-state index is 0.109. The molecular weight excluding hydrogens is 272 g/mol. The third-order valence-corrected chi connectivity index (χ3v) is 3.68. The molecular formula is C15H20N2O4. The van der Waals surface area contributed by atoms with E-state index in [2.05, 4.69) is 10.3 Å². The summed E-state index contributed by atoms with van der Waals surface area (Å²) in [7, 11) is 0. The number of aliphatic hydroxyl groups is 3. The number of H-pyrrole nitrogens is 1. The summed E-state index contributed by atoms with van der Waals surface area (Å²) >= 11 is 0. The van der Waals surface area contributed by atoms with E-state index >= 15 is 0 Å². The topological polar surface area (TPSA) is 106 Å². The lowest BCUT2D eigenvalue weighted by molar-refractivity contribution is -0.124. The summed E-state index contributed by atoms with van der Waals surface area (Å²) in [5, 5.41) is 31.2. The number of aliphatic hydroxyl groups excluding tert-OH is 3. The van der Waals surface area contributed by atoms with E-state index in [-0.39, 0.29) is 12.3 Å². The first kappa shape index (κ1) is 15.5. The van der Waals surface area contributed by atoms with Gasteiger partial charge in [0.15, 0.2) is 0 Å². The van der Waals surface area contributed by atoms with Gasteiger partial charge < -0.3 is 25.6 Å². The first-order valence-electron chi connectivity index (χ1n) is 6.75. The summed E-state index contributed by atoms with van der Waals surface area (Å²) in [6.45, 7) is 0.301. The van der Waals surface area contributed by atoms with Crippen molar-refractivity contribution in [1.82, 2.24) is 10.3 Å². The van der Waals surface area contributed by atoms with Gasteiger partial charge in [-0.25, -0.2) is 0 Å². The van der Waals surface area contributed by atoms with Gasteiger partial charge in [0.2, 0.25) is 5.91 Å². The standard InChI is InChI=1S/C15H20N2O4/c1-10-12(11-4-2-3-5-13(11)16-10)6-14(21)17-15(7-18,8-19)9-20/h2-5,16,18-20H,6-9H2,1H3,(H,17,21). The molecule has 114 valence electrons. The maximum absolute atomic E-state index is 12.1.